The molecule has 0 spiro atoms. The van der Waals surface area contributed by atoms with Gasteiger partial charge in [-0.1, -0.05) is 17.7 Å². The van der Waals surface area contributed by atoms with Crippen LogP contribution in [0.1, 0.15) is 11.1 Å². The van der Waals surface area contributed by atoms with E-state index in [-0.39, 0.29) is 16.7 Å². The average molecular weight is 270 g/mol. The van der Waals surface area contributed by atoms with Gasteiger partial charge in [-0.15, -0.1) is 10.2 Å². The van der Waals surface area contributed by atoms with Crippen LogP contribution in [0.25, 0.3) is 0 Å². The maximum absolute atomic E-state index is 13.5. The Bertz CT molecular complexity index is 582. The van der Waals surface area contributed by atoms with Gasteiger partial charge in [-0.2, -0.15) is 0 Å². The van der Waals surface area contributed by atoms with Crippen LogP contribution in [0, 0.1) is 25.5 Å². The summed E-state index contributed by atoms with van der Waals surface area (Å²) in [6.07, 6.45) is 0. The van der Waals surface area contributed by atoms with Crippen LogP contribution in [0.15, 0.2) is 18.2 Å². The van der Waals surface area contributed by atoms with Crippen LogP contribution in [0.5, 0.6) is 0 Å². The number of para-hydroxylation sites is 1. The molecule has 1 heterocycles. The van der Waals surface area contributed by atoms with Gasteiger partial charge in [0.25, 0.3) is 0 Å². The van der Waals surface area contributed by atoms with Crippen LogP contribution in [-0.4, -0.2) is 10.2 Å². The molecule has 18 heavy (non-hydrogen) atoms. The Morgan fingerprint density at radius 1 is 1.06 bits per heavy atom. The molecule has 3 nitrogen and oxygen atoms in total. The Morgan fingerprint density at radius 3 is 2.28 bits per heavy atom. The van der Waals surface area contributed by atoms with Gasteiger partial charge < -0.3 is 5.32 Å². The molecule has 0 radical (unpaired) electrons. The molecule has 0 saturated heterocycles. The third-order valence-corrected chi connectivity index (χ3v) is 3.03. The summed E-state index contributed by atoms with van der Waals surface area (Å²) in [4.78, 5) is 0. The molecule has 1 N–H and O–H groups in total. The van der Waals surface area contributed by atoms with Gasteiger partial charge in [-0.3, -0.25) is 0 Å². The number of halogens is 3. The maximum Gasteiger partial charge on any atom is 0.156 e. The molecule has 0 aliphatic rings. The van der Waals surface area contributed by atoms with Crippen molar-refractivity contribution in [3.05, 3.63) is 46.1 Å². The first-order valence-corrected chi connectivity index (χ1v) is 5.59. The third-order valence-electron chi connectivity index (χ3n) is 2.67. The lowest BCUT2D eigenvalue weighted by Gasteiger charge is -2.11. The molecule has 94 valence electrons. The van der Waals surface area contributed by atoms with Crippen molar-refractivity contribution >= 4 is 23.1 Å². The van der Waals surface area contributed by atoms with Gasteiger partial charge in [-0.25, -0.2) is 8.78 Å². The second-order valence-corrected chi connectivity index (χ2v) is 4.17. The lowest BCUT2D eigenvalue weighted by Crippen LogP contribution is -2.04. The summed E-state index contributed by atoms with van der Waals surface area (Å²) in [5.74, 6) is -1.10. The summed E-state index contributed by atoms with van der Waals surface area (Å²) < 4.78 is 26.9. The van der Waals surface area contributed by atoms with Crippen molar-refractivity contribution in [1.82, 2.24) is 10.2 Å². The standard InChI is InChI=1S/C12H10ClF2N3/c1-6-7(2)12(18-17-11(6)13)16-10-8(14)4-3-5-9(10)15/h3-5H,1-2H3,(H,16,18). The van der Waals surface area contributed by atoms with Crippen molar-refractivity contribution in [2.24, 2.45) is 0 Å². The summed E-state index contributed by atoms with van der Waals surface area (Å²) in [6, 6.07) is 3.62. The van der Waals surface area contributed by atoms with Crippen LogP contribution >= 0.6 is 11.6 Å². The van der Waals surface area contributed by atoms with Gasteiger partial charge in [0, 0.05) is 0 Å². The van der Waals surface area contributed by atoms with Crippen molar-refractivity contribution in [3.8, 4) is 0 Å². The van der Waals surface area contributed by atoms with Crippen LogP contribution in [0.2, 0.25) is 5.15 Å². The van der Waals surface area contributed by atoms with E-state index in [1.54, 1.807) is 13.8 Å². The monoisotopic (exact) mass is 269 g/mol. The Labute approximate surface area is 108 Å². The Hall–Kier alpha value is -1.75. The smallest absolute Gasteiger partial charge is 0.156 e. The normalized spacial score (nSPS) is 10.5. The molecule has 2 aromatic rings. The number of aromatic nitrogens is 2. The number of benzene rings is 1. The average Bonchev–Trinajstić information content (AvgIpc) is 2.34. The number of rotatable bonds is 2. The highest BCUT2D eigenvalue weighted by Crippen LogP contribution is 2.26. The van der Waals surface area contributed by atoms with Gasteiger partial charge in [0.2, 0.25) is 0 Å². The van der Waals surface area contributed by atoms with Crippen molar-refractivity contribution in [1.29, 1.82) is 0 Å². The van der Waals surface area contributed by atoms with Crippen LogP contribution < -0.4 is 5.32 Å². The molecule has 0 aliphatic carbocycles. The van der Waals surface area contributed by atoms with Crippen molar-refractivity contribution in [2.75, 3.05) is 5.32 Å². The van der Waals surface area contributed by atoms with Gasteiger partial charge in [0.1, 0.15) is 17.3 Å². The molecular formula is C12H10ClF2N3. The zero-order chi connectivity index (χ0) is 13.3. The lowest BCUT2D eigenvalue weighted by atomic mass is 10.2. The second kappa shape index (κ2) is 4.86. The van der Waals surface area contributed by atoms with Gasteiger partial charge in [-0.05, 0) is 37.1 Å². The number of anilines is 2. The molecule has 0 fully saturated rings. The highest BCUT2D eigenvalue weighted by atomic mass is 35.5. The molecule has 0 atom stereocenters. The SMILES string of the molecule is Cc1c(Cl)nnc(Nc2c(F)cccc2F)c1C. The summed E-state index contributed by atoms with van der Waals surface area (Å²) in [7, 11) is 0. The maximum atomic E-state index is 13.5. The van der Waals surface area contributed by atoms with E-state index in [4.69, 9.17) is 11.6 Å². The minimum Gasteiger partial charge on any atom is -0.334 e. The number of nitrogens with zero attached hydrogens (tertiary/aromatic N) is 2. The van der Waals surface area contributed by atoms with Gasteiger partial charge in [0.05, 0.1) is 0 Å². The van der Waals surface area contributed by atoms with Crippen LogP contribution in [-0.2, 0) is 0 Å². The minimum atomic E-state index is -0.691. The molecule has 0 amide bonds. The van der Waals surface area contributed by atoms with Crippen LogP contribution in [0.4, 0.5) is 20.3 Å². The first-order valence-electron chi connectivity index (χ1n) is 5.21. The second-order valence-electron chi connectivity index (χ2n) is 3.81. The molecule has 2 rings (SSSR count). The van der Waals surface area contributed by atoms with E-state index in [1.165, 1.54) is 6.07 Å². The first kappa shape index (κ1) is 12.7. The highest BCUT2D eigenvalue weighted by Gasteiger charge is 2.13. The predicted molar refractivity (Wildman–Crippen MR) is 66.2 cm³/mol. The highest BCUT2D eigenvalue weighted by molar-refractivity contribution is 6.30. The molecule has 0 bridgehead atoms. The van der Waals surface area contributed by atoms with E-state index >= 15 is 0 Å². The fraction of sp³-hybridized carbons (Fsp3) is 0.167. The largest absolute Gasteiger partial charge is 0.334 e. The Kier molecular flexibility index (Phi) is 3.43. The predicted octanol–water partition coefficient (Wildman–Crippen LogP) is 3.77. The fourth-order valence-electron chi connectivity index (χ4n) is 1.43. The molecular weight excluding hydrogens is 260 g/mol. The summed E-state index contributed by atoms with van der Waals surface area (Å²) in [6.45, 7) is 3.51. The molecule has 1 aromatic heterocycles. The zero-order valence-electron chi connectivity index (χ0n) is 9.76. The zero-order valence-corrected chi connectivity index (χ0v) is 10.5. The molecule has 1 aromatic carbocycles. The van der Waals surface area contributed by atoms with Gasteiger partial charge >= 0.3 is 0 Å². The lowest BCUT2D eigenvalue weighted by molar-refractivity contribution is 0.590. The third kappa shape index (κ3) is 2.26. The molecule has 0 aliphatic heterocycles. The molecule has 0 unspecified atom stereocenters. The molecule has 6 heteroatoms. The van der Waals surface area contributed by atoms with E-state index in [0.717, 1.165) is 12.1 Å². The van der Waals surface area contributed by atoms with E-state index in [9.17, 15) is 8.78 Å². The van der Waals surface area contributed by atoms with E-state index in [2.05, 4.69) is 15.5 Å². The van der Waals surface area contributed by atoms with Gasteiger partial charge in [0.15, 0.2) is 11.0 Å². The Morgan fingerprint density at radius 2 is 1.67 bits per heavy atom. The van der Waals surface area contributed by atoms with Crippen LogP contribution in [0.3, 0.4) is 0 Å². The summed E-state index contributed by atoms with van der Waals surface area (Å²) in [5, 5.41) is 10.4. The van der Waals surface area contributed by atoms with E-state index < -0.39 is 11.6 Å². The minimum absolute atomic E-state index is 0.253. The van der Waals surface area contributed by atoms with Crippen molar-refractivity contribution in [2.45, 2.75) is 13.8 Å². The summed E-state index contributed by atoms with van der Waals surface area (Å²) >= 11 is 5.80. The Balaban J connectivity index is 2.44. The van der Waals surface area contributed by atoms with E-state index in [0.29, 0.717) is 11.1 Å². The van der Waals surface area contributed by atoms with Crippen molar-refractivity contribution in [3.63, 3.8) is 0 Å². The number of hydrogen-bond acceptors (Lipinski definition) is 3. The quantitative estimate of drug-likeness (QED) is 0.902. The van der Waals surface area contributed by atoms with E-state index in [1.807, 2.05) is 0 Å². The first-order chi connectivity index (χ1) is 8.50. The number of nitrogens with one attached hydrogen (secondary N) is 1. The summed E-state index contributed by atoms with van der Waals surface area (Å²) in [5.41, 5.74) is 1.15. The number of hydrogen-bond donors (Lipinski definition) is 1. The molecule has 0 saturated carbocycles. The fourth-order valence-corrected chi connectivity index (χ4v) is 1.61. The van der Waals surface area contributed by atoms with Crippen molar-refractivity contribution < 1.29 is 8.78 Å². The topological polar surface area (TPSA) is 37.8 Å².